The predicted octanol–water partition coefficient (Wildman–Crippen LogP) is 3.32. The van der Waals surface area contributed by atoms with Gasteiger partial charge in [0.05, 0.1) is 29.8 Å². The van der Waals surface area contributed by atoms with E-state index < -0.39 is 25.9 Å². The highest BCUT2D eigenvalue weighted by atomic mass is 32.2. The van der Waals surface area contributed by atoms with Gasteiger partial charge in [-0.25, -0.2) is 27.8 Å². The molecule has 2 aliphatic rings. The lowest BCUT2D eigenvalue weighted by Gasteiger charge is -2.38. The molecule has 2 aromatic heterocycles. The molecule has 3 heterocycles. The van der Waals surface area contributed by atoms with Crippen molar-refractivity contribution in [3.05, 3.63) is 59.4 Å². The van der Waals surface area contributed by atoms with Gasteiger partial charge in [-0.3, -0.25) is 4.99 Å². The molecule has 5 rings (SSSR count). The van der Waals surface area contributed by atoms with Crippen molar-refractivity contribution >= 4 is 26.7 Å². The van der Waals surface area contributed by atoms with Crippen LogP contribution < -0.4 is 10.5 Å². The number of ether oxygens (including phenoxy) is 1. The quantitative estimate of drug-likeness (QED) is 0.555. The normalized spacial score (nSPS) is 23.1. The lowest BCUT2D eigenvalue weighted by Crippen LogP contribution is -2.55. The fourth-order valence-electron chi connectivity index (χ4n) is 4.25. The monoisotopic (exact) mass is 497 g/mol. The SMILES string of the molecule is CC1(C)C(N)=N[C@](C)(c2cc(Cc3ncnc4cc(OCC5CC5)cnc34)ccc2F)CS1(=O)=O. The van der Waals surface area contributed by atoms with Crippen LogP contribution >= 0.6 is 0 Å². The molecule has 0 unspecified atom stereocenters. The second-order valence-electron chi connectivity index (χ2n) is 10.1. The number of amidine groups is 1. The van der Waals surface area contributed by atoms with Crippen molar-refractivity contribution < 1.29 is 17.5 Å². The van der Waals surface area contributed by atoms with Crippen LogP contribution in [0.25, 0.3) is 11.0 Å². The Morgan fingerprint density at radius 3 is 2.63 bits per heavy atom. The van der Waals surface area contributed by atoms with Crippen LogP contribution in [0, 0.1) is 11.7 Å². The standard InChI is InChI=1S/C25H28FN5O3S/c1-24(2)23(27)31-25(3,13-35(24,32)33)18-8-16(6-7-19(18)26)9-20-22-21(30-14-29-20)10-17(11-28-22)34-12-15-4-5-15/h6-8,10-11,14-15H,4-5,9,12-13H2,1-3H3,(H2,27,31)/t25-/m0/s1. The topological polar surface area (TPSA) is 120 Å². The number of rotatable bonds is 6. The number of nitrogens with zero attached hydrogens (tertiary/aromatic N) is 4. The molecule has 0 spiro atoms. The molecule has 1 aromatic carbocycles. The number of nitrogens with two attached hydrogens (primary N) is 1. The molecule has 0 bridgehead atoms. The molecule has 1 aliphatic heterocycles. The molecule has 1 saturated carbocycles. The first-order valence-electron chi connectivity index (χ1n) is 11.6. The molecule has 1 aliphatic carbocycles. The summed E-state index contributed by atoms with van der Waals surface area (Å²) in [4.78, 5) is 17.7. The first-order valence-corrected chi connectivity index (χ1v) is 13.2. The highest BCUT2D eigenvalue weighted by molar-refractivity contribution is 7.93. The van der Waals surface area contributed by atoms with Crippen LogP contribution in [0.2, 0.25) is 0 Å². The summed E-state index contributed by atoms with van der Waals surface area (Å²) in [5.74, 6) is 0.400. The maximum atomic E-state index is 15.0. The van der Waals surface area contributed by atoms with Crippen LogP contribution in [0.15, 0.2) is 41.8 Å². The van der Waals surface area contributed by atoms with Crippen LogP contribution in [0.1, 0.15) is 50.4 Å². The molecular weight excluding hydrogens is 469 g/mol. The second-order valence-corrected chi connectivity index (χ2v) is 12.7. The summed E-state index contributed by atoms with van der Waals surface area (Å²) in [5.41, 5.74) is 7.60. The van der Waals surface area contributed by atoms with Gasteiger partial charge in [0.25, 0.3) is 0 Å². The van der Waals surface area contributed by atoms with Gasteiger partial charge in [0.15, 0.2) is 9.84 Å². The molecule has 1 atom stereocenters. The molecule has 1 fully saturated rings. The van der Waals surface area contributed by atoms with E-state index in [0.29, 0.717) is 41.4 Å². The van der Waals surface area contributed by atoms with E-state index in [-0.39, 0.29) is 17.2 Å². The maximum absolute atomic E-state index is 15.0. The van der Waals surface area contributed by atoms with E-state index in [2.05, 4.69) is 19.9 Å². The Morgan fingerprint density at radius 2 is 1.91 bits per heavy atom. The van der Waals surface area contributed by atoms with Gasteiger partial charge in [0.2, 0.25) is 0 Å². The molecule has 35 heavy (non-hydrogen) atoms. The van der Waals surface area contributed by atoms with Gasteiger partial charge in [-0.15, -0.1) is 0 Å². The van der Waals surface area contributed by atoms with Gasteiger partial charge in [-0.2, -0.15) is 0 Å². The third-order valence-electron chi connectivity index (χ3n) is 6.92. The number of hydrogen-bond donors (Lipinski definition) is 1. The molecule has 3 aromatic rings. The number of aliphatic imine (C=N–C) groups is 1. The third kappa shape index (κ3) is 4.35. The Kier molecular flexibility index (Phi) is 5.54. The zero-order valence-electron chi connectivity index (χ0n) is 20.0. The van der Waals surface area contributed by atoms with Crippen molar-refractivity contribution in [3.8, 4) is 5.75 Å². The highest BCUT2D eigenvalue weighted by Crippen LogP contribution is 2.38. The molecular formula is C25H28FN5O3S. The fourth-order valence-corrected chi connectivity index (χ4v) is 5.94. The number of aromatic nitrogens is 3. The molecule has 0 radical (unpaired) electrons. The van der Waals surface area contributed by atoms with Crippen molar-refractivity contribution in [3.63, 3.8) is 0 Å². The lowest BCUT2D eigenvalue weighted by atomic mass is 9.91. The van der Waals surface area contributed by atoms with Crippen molar-refractivity contribution in [1.29, 1.82) is 0 Å². The van der Waals surface area contributed by atoms with Crippen LogP contribution in [0.4, 0.5) is 4.39 Å². The van der Waals surface area contributed by atoms with Gasteiger partial charge in [0.1, 0.15) is 39.5 Å². The first kappa shape index (κ1) is 23.6. The summed E-state index contributed by atoms with van der Waals surface area (Å²) in [5, 5.41) is 0. The molecule has 8 nitrogen and oxygen atoms in total. The number of fused-ring (bicyclic) bond motifs is 1. The highest BCUT2D eigenvalue weighted by Gasteiger charge is 2.49. The maximum Gasteiger partial charge on any atom is 0.165 e. The van der Waals surface area contributed by atoms with Gasteiger partial charge in [-0.05, 0) is 51.2 Å². The fraction of sp³-hybridized carbons (Fsp3) is 0.440. The van der Waals surface area contributed by atoms with E-state index in [1.54, 1.807) is 25.3 Å². The van der Waals surface area contributed by atoms with Crippen LogP contribution in [0.5, 0.6) is 5.75 Å². The minimum atomic E-state index is -3.66. The van der Waals surface area contributed by atoms with Gasteiger partial charge < -0.3 is 10.5 Å². The third-order valence-corrected chi connectivity index (χ3v) is 9.63. The Hall–Kier alpha value is -3.14. The average Bonchev–Trinajstić information content (AvgIpc) is 3.62. The van der Waals surface area contributed by atoms with E-state index >= 15 is 0 Å². The molecule has 0 amide bonds. The summed E-state index contributed by atoms with van der Waals surface area (Å²) in [6.45, 7) is 5.31. The van der Waals surface area contributed by atoms with E-state index in [4.69, 9.17) is 10.5 Å². The summed E-state index contributed by atoms with van der Waals surface area (Å²) >= 11 is 0. The van der Waals surface area contributed by atoms with E-state index in [9.17, 15) is 12.8 Å². The first-order chi connectivity index (χ1) is 16.5. The zero-order chi connectivity index (χ0) is 25.0. The largest absolute Gasteiger partial charge is 0.492 e. The van der Waals surface area contributed by atoms with Crippen LogP contribution in [-0.2, 0) is 21.8 Å². The molecule has 10 heteroatoms. The summed E-state index contributed by atoms with van der Waals surface area (Å²) in [6, 6.07) is 6.46. The van der Waals surface area contributed by atoms with Crippen molar-refractivity contribution in [2.24, 2.45) is 16.6 Å². The number of sulfone groups is 1. The minimum absolute atomic E-state index is 0.0262. The average molecular weight is 498 g/mol. The van der Waals surface area contributed by atoms with E-state index in [1.807, 2.05) is 6.07 Å². The van der Waals surface area contributed by atoms with Gasteiger partial charge in [-0.1, -0.05) is 12.1 Å². The van der Waals surface area contributed by atoms with Crippen molar-refractivity contribution in [2.75, 3.05) is 12.4 Å². The lowest BCUT2D eigenvalue weighted by molar-refractivity contribution is 0.299. The number of pyridine rings is 1. The Balaban J connectivity index is 1.47. The second kappa shape index (κ2) is 8.22. The number of hydrogen-bond acceptors (Lipinski definition) is 8. The van der Waals surface area contributed by atoms with E-state index in [1.165, 1.54) is 39.1 Å². The Labute approximate surface area is 203 Å². The summed E-state index contributed by atoms with van der Waals surface area (Å²) in [6.07, 6.45) is 5.90. The smallest absolute Gasteiger partial charge is 0.165 e. The predicted molar refractivity (Wildman–Crippen MR) is 132 cm³/mol. The zero-order valence-corrected chi connectivity index (χ0v) is 20.8. The minimum Gasteiger partial charge on any atom is -0.492 e. The summed E-state index contributed by atoms with van der Waals surface area (Å²) in [7, 11) is -3.66. The molecule has 184 valence electrons. The van der Waals surface area contributed by atoms with Crippen LogP contribution in [-0.4, -0.2) is 46.3 Å². The number of halogens is 1. The van der Waals surface area contributed by atoms with Gasteiger partial charge >= 0.3 is 0 Å². The number of benzene rings is 1. The Morgan fingerprint density at radius 1 is 1.14 bits per heavy atom. The van der Waals surface area contributed by atoms with E-state index in [0.717, 1.165) is 5.56 Å². The van der Waals surface area contributed by atoms with Gasteiger partial charge in [0, 0.05) is 18.1 Å². The van der Waals surface area contributed by atoms with Crippen LogP contribution in [0.3, 0.4) is 0 Å². The molecule has 2 N–H and O–H groups in total. The Bertz CT molecular complexity index is 1450. The van der Waals surface area contributed by atoms with Crippen molar-refractivity contribution in [2.45, 2.75) is 50.3 Å². The van der Waals surface area contributed by atoms with Crippen molar-refractivity contribution in [1.82, 2.24) is 15.0 Å². The molecule has 0 saturated heterocycles. The summed E-state index contributed by atoms with van der Waals surface area (Å²) < 4.78 is 45.4.